The lowest BCUT2D eigenvalue weighted by atomic mass is 10.1. The van der Waals surface area contributed by atoms with Crippen molar-refractivity contribution in [3.05, 3.63) is 35.1 Å². The van der Waals surface area contributed by atoms with Crippen LogP contribution in [0, 0.1) is 5.82 Å². The van der Waals surface area contributed by atoms with Crippen LogP contribution in [0.25, 0.3) is 0 Å². The Morgan fingerprint density at radius 2 is 1.92 bits per heavy atom. The van der Waals surface area contributed by atoms with Crippen LogP contribution >= 0.6 is 34.8 Å². The lowest BCUT2D eigenvalue weighted by Gasteiger charge is -2.15. The zero-order chi connectivity index (χ0) is 10.1. The lowest BCUT2D eigenvalue weighted by Crippen LogP contribution is -2.07. The van der Waals surface area contributed by atoms with Gasteiger partial charge in [-0.05, 0) is 6.07 Å². The molecule has 13 heavy (non-hydrogen) atoms. The molecular formula is C8H6Cl3FO. The summed E-state index contributed by atoms with van der Waals surface area (Å²) in [5, 5.41) is 8.85. The average molecular weight is 243 g/mol. The summed E-state index contributed by atoms with van der Waals surface area (Å²) in [5.41, 5.74) is 0.183. The van der Waals surface area contributed by atoms with E-state index in [1.165, 1.54) is 18.2 Å². The molecule has 1 nitrogen and oxygen atoms in total. The standard InChI is InChI=1S/C8H6Cl3FO/c9-8(10,11)6-2-1-3-7(12)5(6)4-13/h1-3,13H,4H2. The van der Waals surface area contributed by atoms with Gasteiger partial charge in [0.25, 0.3) is 0 Å². The SMILES string of the molecule is OCc1c(F)cccc1C(Cl)(Cl)Cl. The van der Waals surface area contributed by atoms with Crippen LogP contribution in [0.3, 0.4) is 0 Å². The minimum atomic E-state index is -1.71. The van der Waals surface area contributed by atoms with Crippen LogP contribution in [-0.2, 0) is 10.4 Å². The molecule has 0 spiro atoms. The van der Waals surface area contributed by atoms with E-state index in [2.05, 4.69) is 0 Å². The van der Waals surface area contributed by atoms with E-state index in [-0.39, 0.29) is 11.1 Å². The fraction of sp³-hybridized carbons (Fsp3) is 0.250. The highest BCUT2D eigenvalue weighted by molar-refractivity contribution is 6.66. The van der Waals surface area contributed by atoms with Gasteiger partial charge in [-0.25, -0.2) is 4.39 Å². The number of aliphatic hydroxyl groups excluding tert-OH is 1. The normalized spacial score (nSPS) is 11.8. The molecule has 0 fully saturated rings. The molecule has 1 aromatic rings. The number of aliphatic hydroxyl groups is 1. The predicted molar refractivity (Wildman–Crippen MR) is 51.6 cm³/mol. The second kappa shape index (κ2) is 4.01. The molecule has 1 N–H and O–H groups in total. The first-order chi connectivity index (χ1) is 5.96. The van der Waals surface area contributed by atoms with E-state index in [9.17, 15) is 4.39 Å². The monoisotopic (exact) mass is 242 g/mol. The Balaban J connectivity index is 3.29. The molecule has 0 aromatic heterocycles. The Hall–Kier alpha value is -0.0200. The molecule has 5 heteroatoms. The molecule has 0 bridgehead atoms. The first-order valence-electron chi connectivity index (χ1n) is 3.42. The fourth-order valence-electron chi connectivity index (χ4n) is 0.985. The van der Waals surface area contributed by atoms with Gasteiger partial charge in [0.1, 0.15) is 5.82 Å². The summed E-state index contributed by atoms with van der Waals surface area (Å²) in [7, 11) is 0. The molecule has 1 rings (SSSR count). The van der Waals surface area contributed by atoms with Gasteiger partial charge in [0.2, 0.25) is 3.79 Å². The molecular weight excluding hydrogens is 237 g/mol. The van der Waals surface area contributed by atoms with E-state index in [4.69, 9.17) is 39.9 Å². The number of hydrogen-bond acceptors (Lipinski definition) is 1. The van der Waals surface area contributed by atoms with Crippen molar-refractivity contribution in [2.45, 2.75) is 10.4 Å². The third-order valence-electron chi connectivity index (χ3n) is 1.58. The molecule has 0 heterocycles. The zero-order valence-electron chi connectivity index (χ0n) is 6.40. The van der Waals surface area contributed by atoms with Gasteiger partial charge < -0.3 is 5.11 Å². The fourth-order valence-corrected chi connectivity index (χ4v) is 1.52. The summed E-state index contributed by atoms with van der Waals surface area (Å²) < 4.78 is 11.3. The first-order valence-corrected chi connectivity index (χ1v) is 4.55. The van der Waals surface area contributed by atoms with E-state index in [1.54, 1.807) is 0 Å². The van der Waals surface area contributed by atoms with Gasteiger partial charge in [-0.3, -0.25) is 0 Å². The van der Waals surface area contributed by atoms with Crippen molar-refractivity contribution in [3.63, 3.8) is 0 Å². The molecule has 0 aliphatic carbocycles. The number of rotatable bonds is 1. The molecule has 0 saturated heterocycles. The average Bonchev–Trinajstić information content (AvgIpc) is 2.02. The van der Waals surface area contributed by atoms with Crippen molar-refractivity contribution < 1.29 is 9.50 Å². The highest BCUT2D eigenvalue weighted by atomic mass is 35.6. The smallest absolute Gasteiger partial charge is 0.216 e. The predicted octanol–water partition coefficient (Wildman–Crippen LogP) is 3.14. The number of benzene rings is 1. The van der Waals surface area contributed by atoms with Gasteiger partial charge >= 0.3 is 0 Å². The quantitative estimate of drug-likeness (QED) is 0.751. The third-order valence-corrected chi connectivity index (χ3v) is 2.19. The Morgan fingerprint density at radius 3 is 2.31 bits per heavy atom. The lowest BCUT2D eigenvalue weighted by molar-refractivity contribution is 0.274. The van der Waals surface area contributed by atoms with E-state index in [0.717, 1.165) is 0 Å². The van der Waals surface area contributed by atoms with Gasteiger partial charge in [-0.2, -0.15) is 0 Å². The van der Waals surface area contributed by atoms with Crippen molar-refractivity contribution in [2.75, 3.05) is 0 Å². The summed E-state index contributed by atoms with van der Waals surface area (Å²) in [6.45, 7) is -0.490. The van der Waals surface area contributed by atoms with Gasteiger partial charge in [-0.1, -0.05) is 46.9 Å². The van der Waals surface area contributed by atoms with Gasteiger partial charge in [-0.15, -0.1) is 0 Å². The van der Waals surface area contributed by atoms with Crippen molar-refractivity contribution in [2.24, 2.45) is 0 Å². The van der Waals surface area contributed by atoms with Crippen LogP contribution in [0.5, 0.6) is 0 Å². The van der Waals surface area contributed by atoms with Crippen LogP contribution in [0.4, 0.5) is 4.39 Å². The second-order valence-corrected chi connectivity index (χ2v) is 4.70. The molecule has 0 amide bonds. The van der Waals surface area contributed by atoms with Gasteiger partial charge in [0.05, 0.1) is 6.61 Å². The van der Waals surface area contributed by atoms with E-state index in [0.29, 0.717) is 0 Å². The largest absolute Gasteiger partial charge is 0.392 e. The summed E-state index contributed by atoms with van der Waals surface area (Å²) >= 11 is 16.7. The van der Waals surface area contributed by atoms with Gasteiger partial charge in [0.15, 0.2) is 0 Å². The Labute approximate surface area is 90.0 Å². The van der Waals surface area contributed by atoms with Crippen molar-refractivity contribution in [1.29, 1.82) is 0 Å². The molecule has 72 valence electrons. The molecule has 0 atom stereocenters. The molecule has 0 saturated carbocycles. The summed E-state index contributed by atoms with van der Waals surface area (Å²) in [5.74, 6) is -0.577. The molecule has 0 unspecified atom stereocenters. The summed E-state index contributed by atoms with van der Waals surface area (Å²) in [6, 6.07) is 4.08. The Kier molecular flexibility index (Phi) is 3.41. The third kappa shape index (κ3) is 2.47. The molecule has 1 aromatic carbocycles. The van der Waals surface area contributed by atoms with E-state index < -0.39 is 16.2 Å². The van der Waals surface area contributed by atoms with Gasteiger partial charge in [0, 0.05) is 11.1 Å². The van der Waals surface area contributed by atoms with Crippen LogP contribution in [0.1, 0.15) is 11.1 Å². The van der Waals surface area contributed by atoms with Crippen molar-refractivity contribution in [1.82, 2.24) is 0 Å². The summed E-state index contributed by atoms with van der Waals surface area (Å²) in [6.07, 6.45) is 0. The topological polar surface area (TPSA) is 20.2 Å². The number of halogens is 4. The molecule has 0 aliphatic heterocycles. The van der Waals surface area contributed by atoms with E-state index >= 15 is 0 Å². The highest BCUT2D eigenvalue weighted by Crippen LogP contribution is 2.40. The summed E-state index contributed by atoms with van der Waals surface area (Å²) in [4.78, 5) is 0. The van der Waals surface area contributed by atoms with Crippen molar-refractivity contribution >= 4 is 34.8 Å². The number of alkyl halides is 3. The van der Waals surface area contributed by atoms with Crippen molar-refractivity contribution in [3.8, 4) is 0 Å². The Morgan fingerprint density at radius 1 is 1.31 bits per heavy atom. The minimum absolute atomic E-state index is 0.0162. The molecule has 0 aliphatic rings. The Bertz CT molecular complexity index is 309. The second-order valence-electron chi connectivity index (χ2n) is 2.42. The maximum atomic E-state index is 13.0. The zero-order valence-corrected chi connectivity index (χ0v) is 8.67. The minimum Gasteiger partial charge on any atom is -0.392 e. The van der Waals surface area contributed by atoms with Crippen LogP contribution in [0.2, 0.25) is 0 Å². The maximum Gasteiger partial charge on any atom is 0.216 e. The van der Waals surface area contributed by atoms with Crippen LogP contribution in [0.15, 0.2) is 18.2 Å². The maximum absolute atomic E-state index is 13.0. The number of hydrogen-bond donors (Lipinski definition) is 1. The van der Waals surface area contributed by atoms with E-state index in [1.807, 2.05) is 0 Å². The first kappa shape index (κ1) is 11.1. The van der Waals surface area contributed by atoms with Crippen LogP contribution < -0.4 is 0 Å². The highest BCUT2D eigenvalue weighted by Gasteiger charge is 2.27. The molecule has 0 radical (unpaired) electrons. The van der Waals surface area contributed by atoms with Crippen LogP contribution in [-0.4, -0.2) is 5.11 Å².